The second-order valence-corrected chi connectivity index (χ2v) is 6.97. The number of anilines is 3. The van der Waals surface area contributed by atoms with Crippen molar-refractivity contribution in [3.8, 4) is 0 Å². The fourth-order valence-corrected chi connectivity index (χ4v) is 2.30. The van der Waals surface area contributed by atoms with Crippen LogP contribution in [0.25, 0.3) is 0 Å². The quantitative estimate of drug-likeness (QED) is 0.542. The zero-order chi connectivity index (χ0) is 20.0. The number of hydrogen-bond donors (Lipinski definition) is 3. The van der Waals surface area contributed by atoms with Gasteiger partial charge in [0.2, 0.25) is 0 Å². The second-order valence-electron chi connectivity index (χ2n) is 6.97. The minimum atomic E-state index is -0.633. The summed E-state index contributed by atoms with van der Waals surface area (Å²) in [6.07, 6.45) is -0.599. The highest BCUT2D eigenvalue weighted by atomic mass is 16.6. The first kappa shape index (κ1) is 20.1. The van der Waals surface area contributed by atoms with Crippen LogP contribution in [0.5, 0.6) is 0 Å². The number of amides is 1. The molecule has 0 aromatic heterocycles. The van der Waals surface area contributed by atoms with Crippen molar-refractivity contribution in [3.05, 3.63) is 53.6 Å². The van der Waals surface area contributed by atoms with E-state index in [-0.39, 0.29) is 0 Å². The van der Waals surface area contributed by atoms with E-state index in [0.29, 0.717) is 23.5 Å². The van der Waals surface area contributed by atoms with Gasteiger partial charge >= 0.3 is 12.1 Å². The smallest absolute Gasteiger partial charge is 0.412 e. The number of benzene rings is 2. The Kier molecular flexibility index (Phi) is 6.28. The van der Waals surface area contributed by atoms with Crippen LogP contribution in [-0.2, 0) is 16.0 Å². The molecule has 2 aromatic rings. The van der Waals surface area contributed by atoms with Crippen molar-refractivity contribution in [2.45, 2.75) is 32.9 Å². The third-order valence-electron chi connectivity index (χ3n) is 3.56. The number of carbonyl (C=O) groups is 2. The average molecular weight is 371 g/mol. The van der Waals surface area contributed by atoms with Gasteiger partial charge in [-0.2, -0.15) is 0 Å². The Labute approximate surface area is 158 Å². The van der Waals surface area contributed by atoms with Crippen LogP contribution in [0, 0.1) is 0 Å². The van der Waals surface area contributed by atoms with Crippen molar-refractivity contribution in [1.82, 2.24) is 0 Å². The molecule has 2 rings (SSSR count). The highest BCUT2D eigenvalue weighted by Crippen LogP contribution is 2.22. The summed E-state index contributed by atoms with van der Waals surface area (Å²) in [6.45, 7) is 5.76. The maximum Gasteiger partial charge on any atom is 0.412 e. The number of nitrogens with one attached hydrogen (secondary N) is 2. The van der Waals surface area contributed by atoms with Crippen molar-refractivity contribution in [3.63, 3.8) is 0 Å². The fraction of sp³-hybridized carbons (Fsp3) is 0.300. The van der Waals surface area contributed by atoms with Gasteiger partial charge in [0.25, 0.3) is 0 Å². The van der Waals surface area contributed by atoms with E-state index in [0.717, 1.165) is 11.3 Å². The van der Waals surface area contributed by atoms with Gasteiger partial charge in [0, 0.05) is 23.6 Å². The normalized spacial score (nSPS) is 10.8. The van der Waals surface area contributed by atoms with Crippen molar-refractivity contribution in [2.75, 3.05) is 23.5 Å². The van der Waals surface area contributed by atoms with Crippen molar-refractivity contribution >= 4 is 29.1 Å². The molecule has 27 heavy (non-hydrogen) atoms. The minimum absolute atomic E-state index is 0.333. The molecule has 0 spiro atoms. The largest absolute Gasteiger partial charge is 0.465 e. The third kappa shape index (κ3) is 6.22. The van der Waals surface area contributed by atoms with E-state index in [1.807, 2.05) is 12.1 Å². The molecule has 4 N–H and O–H groups in total. The summed E-state index contributed by atoms with van der Waals surface area (Å²) in [5.41, 5.74) is 8.19. The number of ether oxygens (including phenoxy) is 2. The van der Waals surface area contributed by atoms with Crippen LogP contribution in [0.3, 0.4) is 0 Å². The second kappa shape index (κ2) is 8.44. The molecule has 2 aromatic carbocycles. The van der Waals surface area contributed by atoms with Gasteiger partial charge in [0.15, 0.2) is 0 Å². The maximum atomic E-state index is 12.2. The van der Waals surface area contributed by atoms with Crippen LogP contribution in [0.4, 0.5) is 21.9 Å². The predicted octanol–water partition coefficient (Wildman–Crippen LogP) is 4.01. The number of hydrogen-bond acceptors (Lipinski definition) is 6. The lowest BCUT2D eigenvalue weighted by Gasteiger charge is -2.21. The van der Waals surface area contributed by atoms with Gasteiger partial charge < -0.3 is 20.5 Å². The molecule has 1 amide bonds. The van der Waals surface area contributed by atoms with E-state index in [9.17, 15) is 9.59 Å². The number of nitrogen functional groups attached to an aromatic ring is 1. The van der Waals surface area contributed by atoms with Crippen LogP contribution in [0.2, 0.25) is 0 Å². The van der Waals surface area contributed by atoms with E-state index < -0.39 is 17.7 Å². The van der Waals surface area contributed by atoms with E-state index in [1.54, 1.807) is 51.1 Å². The molecule has 0 unspecified atom stereocenters. The van der Waals surface area contributed by atoms with Gasteiger partial charge in [-0.1, -0.05) is 6.07 Å². The third-order valence-corrected chi connectivity index (χ3v) is 3.56. The molecule has 0 fully saturated rings. The fourth-order valence-electron chi connectivity index (χ4n) is 2.30. The van der Waals surface area contributed by atoms with Crippen molar-refractivity contribution in [2.24, 2.45) is 0 Å². The first-order valence-electron chi connectivity index (χ1n) is 8.48. The summed E-state index contributed by atoms with van der Waals surface area (Å²) in [5, 5.41) is 5.95. The van der Waals surface area contributed by atoms with Crippen LogP contribution in [0.1, 0.15) is 36.7 Å². The molecular weight excluding hydrogens is 346 g/mol. The Bertz CT molecular complexity index is 811. The van der Waals surface area contributed by atoms with Gasteiger partial charge in [0.05, 0.1) is 12.7 Å². The standard InChI is InChI=1S/C20H25N3O4/c1-20(2,3)27-19(25)23-17-11-13(18(24)26-4)5-6-14(17)12-22-16-9-7-15(21)8-10-16/h5-11,22H,12,21H2,1-4H3,(H,23,25). The lowest BCUT2D eigenvalue weighted by molar-refractivity contribution is 0.0596. The van der Waals surface area contributed by atoms with E-state index in [1.165, 1.54) is 7.11 Å². The Morgan fingerprint density at radius 1 is 1.07 bits per heavy atom. The van der Waals surface area contributed by atoms with Crippen molar-refractivity contribution in [1.29, 1.82) is 0 Å². The highest BCUT2D eigenvalue weighted by Gasteiger charge is 2.18. The van der Waals surface area contributed by atoms with Crippen LogP contribution in [-0.4, -0.2) is 24.8 Å². The molecular formula is C20H25N3O4. The molecule has 0 saturated heterocycles. The summed E-state index contributed by atoms with van der Waals surface area (Å²) >= 11 is 0. The molecule has 7 heteroatoms. The van der Waals surface area contributed by atoms with Crippen molar-refractivity contribution < 1.29 is 19.1 Å². The minimum Gasteiger partial charge on any atom is -0.465 e. The maximum absolute atomic E-state index is 12.2. The van der Waals surface area contributed by atoms with Gasteiger partial charge in [-0.15, -0.1) is 0 Å². The van der Waals surface area contributed by atoms with Crippen LogP contribution < -0.4 is 16.4 Å². The number of rotatable bonds is 5. The van der Waals surface area contributed by atoms with Crippen LogP contribution in [0.15, 0.2) is 42.5 Å². The molecule has 0 saturated carbocycles. The zero-order valence-corrected chi connectivity index (χ0v) is 16.0. The van der Waals surface area contributed by atoms with Gasteiger partial charge in [-0.05, 0) is 62.7 Å². The highest BCUT2D eigenvalue weighted by molar-refractivity contribution is 5.93. The molecule has 0 radical (unpaired) electrons. The summed E-state index contributed by atoms with van der Waals surface area (Å²) in [6, 6.07) is 12.3. The van der Waals surface area contributed by atoms with E-state index in [2.05, 4.69) is 10.6 Å². The topological polar surface area (TPSA) is 103 Å². The van der Waals surface area contributed by atoms with Gasteiger partial charge in [-0.25, -0.2) is 9.59 Å². The predicted molar refractivity (Wildman–Crippen MR) is 106 cm³/mol. The Morgan fingerprint density at radius 3 is 2.33 bits per heavy atom. The Hall–Kier alpha value is -3.22. The monoisotopic (exact) mass is 371 g/mol. The molecule has 144 valence electrons. The first-order valence-corrected chi connectivity index (χ1v) is 8.48. The lowest BCUT2D eigenvalue weighted by atomic mass is 10.1. The first-order chi connectivity index (χ1) is 12.7. The molecule has 0 aliphatic rings. The summed E-state index contributed by atoms with van der Waals surface area (Å²) in [7, 11) is 1.31. The average Bonchev–Trinajstić information content (AvgIpc) is 2.59. The SMILES string of the molecule is COC(=O)c1ccc(CNc2ccc(N)cc2)c(NC(=O)OC(C)(C)C)c1. The molecule has 0 heterocycles. The summed E-state index contributed by atoms with van der Waals surface area (Å²) in [4.78, 5) is 24.0. The number of nitrogens with two attached hydrogens (primary N) is 1. The van der Waals surface area contributed by atoms with E-state index in [4.69, 9.17) is 15.2 Å². The number of carbonyl (C=O) groups excluding carboxylic acids is 2. The van der Waals surface area contributed by atoms with Gasteiger partial charge in [-0.3, -0.25) is 5.32 Å². The summed E-state index contributed by atoms with van der Waals surface area (Å²) in [5.74, 6) is -0.486. The van der Waals surface area contributed by atoms with Gasteiger partial charge in [0.1, 0.15) is 5.60 Å². The number of methoxy groups -OCH3 is 1. The zero-order valence-electron chi connectivity index (χ0n) is 16.0. The lowest BCUT2D eigenvalue weighted by Crippen LogP contribution is -2.27. The molecule has 0 aliphatic carbocycles. The number of esters is 1. The molecule has 0 atom stereocenters. The van der Waals surface area contributed by atoms with E-state index >= 15 is 0 Å². The Balaban J connectivity index is 2.21. The molecule has 7 nitrogen and oxygen atoms in total. The summed E-state index contributed by atoms with van der Waals surface area (Å²) < 4.78 is 10.0. The molecule has 0 aliphatic heterocycles. The Morgan fingerprint density at radius 2 is 1.74 bits per heavy atom. The molecule has 0 bridgehead atoms. The van der Waals surface area contributed by atoms with Crippen LogP contribution >= 0.6 is 0 Å².